The van der Waals surface area contributed by atoms with Gasteiger partial charge in [0.25, 0.3) is 0 Å². The second kappa shape index (κ2) is 7.21. The smallest absolute Gasteiger partial charge is 0.232 e. The fraction of sp³-hybridized carbons (Fsp3) is 0.409. The number of nitrogens with two attached hydrogens (primary N) is 1. The van der Waals surface area contributed by atoms with E-state index in [4.69, 9.17) is 19.6 Å². The molecule has 9 nitrogen and oxygen atoms in total. The van der Waals surface area contributed by atoms with Gasteiger partial charge in [-0.2, -0.15) is 0 Å². The molecular weight excluding hydrogens is 396 g/mol. The van der Waals surface area contributed by atoms with Gasteiger partial charge < -0.3 is 24.5 Å². The molecule has 4 aromatic rings. The van der Waals surface area contributed by atoms with Gasteiger partial charge in [-0.1, -0.05) is 0 Å². The second-order valence-electron chi connectivity index (χ2n) is 8.34. The number of hydrogen-bond donors (Lipinski definition) is 1. The molecule has 2 aliphatic rings. The van der Waals surface area contributed by atoms with Crippen molar-refractivity contribution < 1.29 is 13.9 Å². The molecule has 0 radical (unpaired) electrons. The van der Waals surface area contributed by atoms with Crippen LogP contribution in [-0.4, -0.2) is 57.5 Å². The molecule has 0 spiro atoms. The molecule has 160 valence electrons. The molecule has 1 saturated carbocycles. The van der Waals surface area contributed by atoms with Gasteiger partial charge in [-0.05, 0) is 38.0 Å². The van der Waals surface area contributed by atoms with Gasteiger partial charge in [-0.25, -0.2) is 14.5 Å². The number of furan rings is 1. The zero-order valence-electron chi connectivity index (χ0n) is 17.3. The molecule has 31 heavy (non-hydrogen) atoms. The minimum atomic E-state index is 0.127. The third-order valence-electron chi connectivity index (χ3n) is 5.97. The van der Waals surface area contributed by atoms with Crippen LogP contribution in [0.1, 0.15) is 19.8 Å². The van der Waals surface area contributed by atoms with E-state index in [1.807, 2.05) is 24.3 Å². The molecule has 2 fully saturated rings. The molecular formula is C22H24N6O3. The lowest BCUT2D eigenvalue weighted by molar-refractivity contribution is 0.0530. The molecule has 0 bridgehead atoms. The molecule has 0 aromatic carbocycles. The Morgan fingerprint density at radius 2 is 2.10 bits per heavy atom. The number of morpholine rings is 1. The third-order valence-corrected chi connectivity index (χ3v) is 5.97. The minimum absolute atomic E-state index is 0.127. The first-order chi connectivity index (χ1) is 15.1. The highest BCUT2D eigenvalue weighted by molar-refractivity contribution is 5.92. The third kappa shape index (κ3) is 3.30. The lowest BCUT2D eigenvalue weighted by Gasteiger charge is -2.32. The summed E-state index contributed by atoms with van der Waals surface area (Å²) in [7, 11) is 0. The van der Waals surface area contributed by atoms with Gasteiger partial charge in [0.2, 0.25) is 5.88 Å². The second-order valence-corrected chi connectivity index (χ2v) is 8.34. The van der Waals surface area contributed by atoms with Crippen LogP contribution in [0.2, 0.25) is 0 Å². The van der Waals surface area contributed by atoms with Crippen LogP contribution < -0.4 is 15.4 Å². The van der Waals surface area contributed by atoms with Crippen LogP contribution in [0.5, 0.6) is 5.88 Å². The highest BCUT2D eigenvalue weighted by Crippen LogP contribution is 2.33. The van der Waals surface area contributed by atoms with Crippen molar-refractivity contribution in [1.82, 2.24) is 19.6 Å². The standard InChI is InChI=1S/C22H24N6O3/c1-13-12-27(6-7-29-13)22-16-10-19(31-18(16)4-5-24-22)17-11-25-20-2-3-21(26-28(17)20)30-15-8-14(23)9-15/h2-5,10-11,13-15H,6-9,12,23H2,1H3/t13-,14-,15-/m0/s1. The van der Waals surface area contributed by atoms with Crippen molar-refractivity contribution in [2.24, 2.45) is 5.73 Å². The number of ether oxygens (including phenoxy) is 2. The molecule has 5 heterocycles. The Bertz CT molecular complexity index is 1240. The van der Waals surface area contributed by atoms with Crippen molar-refractivity contribution in [3.05, 3.63) is 36.7 Å². The number of fused-ring (bicyclic) bond motifs is 2. The van der Waals surface area contributed by atoms with E-state index in [1.54, 1.807) is 16.9 Å². The largest absolute Gasteiger partial charge is 0.473 e. The fourth-order valence-corrected chi connectivity index (χ4v) is 4.30. The predicted molar refractivity (Wildman–Crippen MR) is 115 cm³/mol. The number of pyridine rings is 1. The average Bonchev–Trinajstić information content (AvgIpc) is 3.36. The Morgan fingerprint density at radius 1 is 1.19 bits per heavy atom. The van der Waals surface area contributed by atoms with E-state index in [2.05, 4.69) is 26.9 Å². The van der Waals surface area contributed by atoms with Crippen LogP contribution in [-0.2, 0) is 4.74 Å². The van der Waals surface area contributed by atoms with E-state index >= 15 is 0 Å². The SMILES string of the molecule is C[C@H]1CN(c2nccc3oc(-c4cnc5ccc(O[C@H]6C[C@H](N)C6)nn45)cc23)CCO1. The van der Waals surface area contributed by atoms with Crippen LogP contribution in [0.25, 0.3) is 28.1 Å². The Morgan fingerprint density at radius 3 is 2.94 bits per heavy atom. The number of imidazole rings is 1. The van der Waals surface area contributed by atoms with Crippen LogP contribution in [0, 0.1) is 0 Å². The Balaban J connectivity index is 1.37. The molecule has 1 saturated heterocycles. The summed E-state index contributed by atoms with van der Waals surface area (Å²) in [4.78, 5) is 11.4. The van der Waals surface area contributed by atoms with E-state index in [0.29, 0.717) is 18.2 Å². The van der Waals surface area contributed by atoms with E-state index in [1.165, 1.54) is 0 Å². The first kappa shape index (κ1) is 18.6. The molecule has 0 unspecified atom stereocenters. The Kier molecular flexibility index (Phi) is 4.32. The van der Waals surface area contributed by atoms with E-state index < -0.39 is 0 Å². The molecule has 4 aromatic heterocycles. The molecule has 1 aliphatic carbocycles. The molecule has 1 aliphatic heterocycles. The summed E-state index contributed by atoms with van der Waals surface area (Å²) in [5.41, 5.74) is 8.14. The van der Waals surface area contributed by atoms with Crippen molar-refractivity contribution in [2.75, 3.05) is 24.6 Å². The zero-order valence-corrected chi connectivity index (χ0v) is 17.3. The van der Waals surface area contributed by atoms with Crippen molar-refractivity contribution in [3.8, 4) is 17.3 Å². The maximum atomic E-state index is 6.19. The summed E-state index contributed by atoms with van der Waals surface area (Å²) in [6.07, 6.45) is 5.57. The lowest BCUT2D eigenvalue weighted by atomic mass is 9.90. The predicted octanol–water partition coefficient (Wildman–Crippen LogP) is 2.63. The average molecular weight is 420 g/mol. The number of hydrogen-bond acceptors (Lipinski definition) is 8. The maximum absolute atomic E-state index is 6.19. The summed E-state index contributed by atoms with van der Waals surface area (Å²) in [5, 5.41) is 5.61. The van der Waals surface area contributed by atoms with Gasteiger partial charge in [0.05, 0.1) is 24.3 Å². The van der Waals surface area contributed by atoms with E-state index in [0.717, 1.165) is 54.1 Å². The van der Waals surface area contributed by atoms with Gasteiger partial charge in [-0.15, -0.1) is 5.10 Å². The Hall–Kier alpha value is -3.17. The van der Waals surface area contributed by atoms with Gasteiger partial charge in [0.1, 0.15) is 23.2 Å². The molecule has 0 amide bonds. The monoisotopic (exact) mass is 420 g/mol. The summed E-state index contributed by atoms with van der Waals surface area (Å²) in [6.45, 7) is 4.37. The number of aromatic nitrogens is 4. The molecule has 6 rings (SSSR count). The first-order valence-corrected chi connectivity index (χ1v) is 10.7. The summed E-state index contributed by atoms with van der Waals surface area (Å²) < 4.78 is 19.6. The van der Waals surface area contributed by atoms with Gasteiger partial charge in [0.15, 0.2) is 11.4 Å². The molecule has 2 N–H and O–H groups in total. The zero-order chi connectivity index (χ0) is 20.9. The number of nitrogens with zero attached hydrogens (tertiary/aromatic N) is 5. The summed E-state index contributed by atoms with van der Waals surface area (Å²) in [6, 6.07) is 7.87. The van der Waals surface area contributed by atoms with Crippen molar-refractivity contribution in [1.29, 1.82) is 0 Å². The van der Waals surface area contributed by atoms with Crippen molar-refractivity contribution in [3.63, 3.8) is 0 Å². The van der Waals surface area contributed by atoms with Gasteiger partial charge in [0, 0.05) is 31.4 Å². The van der Waals surface area contributed by atoms with Gasteiger partial charge in [-0.3, -0.25) is 0 Å². The van der Waals surface area contributed by atoms with Crippen molar-refractivity contribution in [2.45, 2.75) is 38.0 Å². The normalized spacial score (nSPS) is 23.9. The molecule has 9 heteroatoms. The Labute approximate surface area is 178 Å². The van der Waals surface area contributed by atoms with Crippen LogP contribution in [0.3, 0.4) is 0 Å². The highest BCUT2D eigenvalue weighted by Gasteiger charge is 2.28. The van der Waals surface area contributed by atoms with Crippen LogP contribution in [0.4, 0.5) is 5.82 Å². The van der Waals surface area contributed by atoms with Crippen LogP contribution in [0.15, 0.2) is 41.1 Å². The minimum Gasteiger partial charge on any atom is -0.473 e. The van der Waals surface area contributed by atoms with Gasteiger partial charge >= 0.3 is 0 Å². The van der Waals surface area contributed by atoms with E-state index in [-0.39, 0.29) is 18.2 Å². The summed E-state index contributed by atoms with van der Waals surface area (Å²) in [5.74, 6) is 2.16. The number of rotatable bonds is 4. The summed E-state index contributed by atoms with van der Waals surface area (Å²) >= 11 is 0. The van der Waals surface area contributed by atoms with Crippen LogP contribution >= 0.6 is 0 Å². The number of anilines is 1. The molecule has 1 atom stereocenters. The quantitative estimate of drug-likeness (QED) is 0.537. The lowest BCUT2D eigenvalue weighted by Crippen LogP contribution is -2.43. The first-order valence-electron chi connectivity index (χ1n) is 10.7. The fourth-order valence-electron chi connectivity index (χ4n) is 4.30. The topological polar surface area (TPSA) is 104 Å². The maximum Gasteiger partial charge on any atom is 0.232 e. The van der Waals surface area contributed by atoms with E-state index in [9.17, 15) is 0 Å². The highest BCUT2D eigenvalue weighted by atomic mass is 16.5. The van der Waals surface area contributed by atoms with Crippen molar-refractivity contribution >= 4 is 22.4 Å².